The van der Waals surface area contributed by atoms with Crippen molar-refractivity contribution in [1.82, 2.24) is 19.1 Å². The number of ether oxygens (including phenoxy) is 2. The fraction of sp³-hybridized carbons (Fsp3) is 0.292. The largest absolute Gasteiger partial charge is 0.497 e. The first-order valence-corrected chi connectivity index (χ1v) is 10.7. The quantitative estimate of drug-likeness (QED) is 0.506. The molecule has 164 valence electrons. The predicted octanol–water partition coefficient (Wildman–Crippen LogP) is 2.79. The first kappa shape index (κ1) is 20.3. The van der Waals surface area contributed by atoms with Crippen molar-refractivity contribution >= 4 is 11.2 Å². The highest BCUT2D eigenvalue weighted by Crippen LogP contribution is 2.28. The van der Waals surface area contributed by atoms with Gasteiger partial charge in [-0.2, -0.15) is 0 Å². The summed E-state index contributed by atoms with van der Waals surface area (Å²) in [6.45, 7) is 1.50. The van der Waals surface area contributed by atoms with Crippen molar-refractivity contribution in [1.29, 1.82) is 0 Å². The summed E-state index contributed by atoms with van der Waals surface area (Å²) < 4.78 is 14.6. The Morgan fingerprint density at radius 3 is 2.72 bits per heavy atom. The predicted molar refractivity (Wildman–Crippen MR) is 121 cm³/mol. The van der Waals surface area contributed by atoms with Gasteiger partial charge in [-0.15, -0.1) is 0 Å². The zero-order valence-corrected chi connectivity index (χ0v) is 17.8. The molecule has 0 spiro atoms. The van der Waals surface area contributed by atoms with E-state index in [4.69, 9.17) is 14.5 Å². The summed E-state index contributed by atoms with van der Waals surface area (Å²) in [6.07, 6.45) is 1.89. The maximum Gasteiger partial charge on any atom is 0.330 e. The van der Waals surface area contributed by atoms with Crippen LogP contribution in [0, 0.1) is 0 Å². The van der Waals surface area contributed by atoms with E-state index in [1.807, 2.05) is 59.2 Å². The third-order valence-electron chi connectivity index (χ3n) is 5.81. The maximum absolute atomic E-state index is 13.0. The second kappa shape index (κ2) is 8.47. The Morgan fingerprint density at radius 2 is 1.97 bits per heavy atom. The molecular weight excluding hydrogens is 408 g/mol. The highest BCUT2D eigenvalue weighted by atomic mass is 16.5. The fourth-order valence-electron chi connectivity index (χ4n) is 4.24. The Balaban J connectivity index is 1.74. The first-order chi connectivity index (χ1) is 15.6. The number of H-pyrrole nitrogens is 1. The van der Waals surface area contributed by atoms with E-state index in [1.165, 1.54) is 4.57 Å². The molecule has 2 aromatic carbocycles. The van der Waals surface area contributed by atoms with Gasteiger partial charge in [0.15, 0.2) is 11.2 Å². The van der Waals surface area contributed by atoms with E-state index < -0.39 is 11.2 Å². The van der Waals surface area contributed by atoms with Crippen LogP contribution in [-0.2, 0) is 17.8 Å². The number of aromatic amines is 1. The zero-order valence-electron chi connectivity index (χ0n) is 17.8. The molecule has 5 rings (SSSR count). The van der Waals surface area contributed by atoms with Crippen molar-refractivity contribution in [3.8, 4) is 17.1 Å². The van der Waals surface area contributed by atoms with Crippen LogP contribution in [0.25, 0.3) is 22.6 Å². The van der Waals surface area contributed by atoms with Crippen molar-refractivity contribution in [2.75, 3.05) is 13.7 Å². The molecule has 0 aliphatic carbocycles. The van der Waals surface area contributed by atoms with Crippen molar-refractivity contribution in [3.63, 3.8) is 0 Å². The number of methoxy groups -OCH3 is 1. The fourth-order valence-corrected chi connectivity index (χ4v) is 4.24. The molecule has 0 unspecified atom stereocenters. The average Bonchev–Trinajstić information content (AvgIpc) is 3.46. The van der Waals surface area contributed by atoms with Crippen LogP contribution in [0.2, 0.25) is 0 Å². The molecule has 0 saturated carbocycles. The molecule has 8 heteroatoms. The van der Waals surface area contributed by atoms with Gasteiger partial charge in [0.05, 0.1) is 26.3 Å². The molecule has 0 amide bonds. The van der Waals surface area contributed by atoms with Crippen molar-refractivity contribution in [2.45, 2.75) is 32.0 Å². The molecule has 1 atom stereocenters. The lowest BCUT2D eigenvalue weighted by atomic mass is 10.2. The topological polar surface area (TPSA) is 91.1 Å². The highest BCUT2D eigenvalue weighted by molar-refractivity contribution is 5.77. The molecule has 4 aromatic rings. The Hall–Kier alpha value is -3.65. The molecule has 2 aromatic heterocycles. The lowest BCUT2D eigenvalue weighted by Crippen LogP contribution is -2.32. The minimum atomic E-state index is -0.481. The molecule has 0 radical (unpaired) electrons. The van der Waals surface area contributed by atoms with Crippen LogP contribution in [0.4, 0.5) is 0 Å². The number of aromatic nitrogens is 4. The standard InChI is InChI=1S/C24H24N4O4/c1-31-18-10-5-9-17(13-18)21-25-22-20(27(21)15-19-11-6-12-32-19)23(29)26-24(30)28(22)14-16-7-3-2-4-8-16/h2-5,7-10,13,19H,6,11-12,14-15H2,1H3,(H,26,29,30)/t19-/m0/s1. The monoisotopic (exact) mass is 432 g/mol. The van der Waals surface area contributed by atoms with Crippen LogP contribution < -0.4 is 16.0 Å². The van der Waals surface area contributed by atoms with Crippen LogP contribution in [-0.4, -0.2) is 38.9 Å². The third-order valence-corrected chi connectivity index (χ3v) is 5.81. The lowest BCUT2D eigenvalue weighted by molar-refractivity contribution is 0.0982. The van der Waals surface area contributed by atoms with Crippen LogP contribution in [0.1, 0.15) is 18.4 Å². The van der Waals surface area contributed by atoms with E-state index in [1.54, 1.807) is 7.11 Å². The molecule has 8 nitrogen and oxygen atoms in total. The van der Waals surface area contributed by atoms with Crippen LogP contribution in [0.3, 0.4) is 0 Å². The van der Waals surface area contributed by atoms with Gasteiger partial charge in [0.2, 0.25) is 0 Å². The second-order valence-corrected chi connectivity index (χ2v) is 7.92. The van der Waals surface area contributed by atoms with Crippen LogP contribution in [0.15, 0.2) is 64.2 Å². The summed E-state index contributed by atoms with van der Waals surface area (Å²) in [5.41, 5.74) is 1.54. The number of hydrogen-bond acceptors (Lipinski definition) is 5. The van der Waals surface area contributed by atoms with E-state index in [0.717, 1.165) is 24.0 Å². The number of benzene rings is 2. The number of nitrogens with zero attached hydrogens (tertiary/aromatic N) is 3. The number of rotatable bonds is 6. The Morgan fingerprint density at radius 1 is 1.12 bits per heavy atom. The van der Waals surface area contributed by atoms with Crippen LogP contribution >= 0.6 is 0 Å². The van der Waals surface area contributed by atoms with Gasteiger partial charge >= 0.3 is 5.69 Å². The SMILES string of the molecule is COc1cccc(-c2nc3c(c(=O)[nH]c(=O)n3Cc3ccccc3)n2C[C@@H]2CCCO2)c1. The number of nitrogens with one attached hydrogen (secondary N) is 1. The van der Waals surface area contributed by atoms with E-state index in [0.29, 0.717) is 42.4 Å². The zero-order chi connectivity index (χ0) is 22.1. The van der Waals surface area contributed by atoms with Gasteiger partial charge in [-0.1, -0.05) is 42.5 Å². The highest BCUT2D eigenvalue weighted by Gasteiger charge is 2.24. The van der Waals surface area contributed by atoms with Gasteiger partial charge in [-0.05, 0) is 30.5 Å². The molecule has 1 aliphatic heterocycles. The van der Waals surface area contributed by atoms with Gasteiger partial charge < -0.3 is 14.0 Å². The van der Waals surface area contributed by atoms with Crippen molar-refractivity contribution in [2.24, 2.45) is 0 Å². The first-order valence-electron chi connectivity index (χ1n) is 10.7. The van der Waals surface area contributed by atoms with Crippen molar-refractivity contribution in [3.05, 3.63) is 81.0 Å². The summed E-state index contributed by atoms with van der Waals surface area (Å²) in [4.78, 5) is 33.0. The minimum Gasteiger partial charge on any atom is -0.497 e. The summed E-state index contributed by atoms with van der Waals surface area (Å²) in [7, 11) is 1.61. The lowest BCUT2D eigenvalue weighted by Gasteiger charge is -2.14. The van der Waals surface area contributed by atoms with Gasteiger partial charge in [-0.3, -0.25) is 14.3 Å². The third kappa shape index (κ3) is 3.73. The van der Waals surface area contributed by atoms with E-state index in [2.05, 4.69) is 4.98 Å². The number of hydrogen-bond donors (Lipinski definition) is 1. The van der Waals surface area contributed by atoms with E-state index in [-0.39, 0.29) is 6.10 Å². The minimum absolute atomic E-state index is 0.00865. The van der Waals surface area contributed by atoms with Gasteiger partial charge in [0.1, 0.15) is 11.6 Å². The molecule has 1 fully saturated rings. The van der Waals surface area contributed by atoms with Gasteiger partial charge in [0, 0.05) is 12.2 Å². The van der Waals surface area contributed by atoms with Gasteiger partial charge in [-0.25, -0.2) is 9.78 Å². The summed E-state index contributed by atoms with van der Waals surface area (Å²) >= 11 is 0. The average molecular weight is 432 g/mol. The summed E-state index contributed by atoms with van der Waals surface area (Å²) in [6, 6.07) is 17.2. The maximum atomic E-state index is 13.0. The molecule has 1 aliphatic rings. The normalized spacial score (nSPS) is 16.0. The summed E-state index contributed by atoms with van der Waals surface area (Å²) in [5.74, 6) is 1.29. The van der Waals surface area contributed by atoms with Crippen molar-refractivity contribution < 1.29 is 9.47 Å². The van der Waals surface area contributed by atoms with E-state index in [9.17, 15) is 9.59 Å². The summed E-state index contributed by atoms with van der Waals surface area (Å²) in [5, 5.41) is 0. The second-order valence-electron chi connectivity index (χ2n) is 7.92. The Bertz CT molecular complexity index is 1360. The number of imidazole rings is 1. The Labute approximate surface area is 184 Å². The molecule has 1 saturated heterocycles. The van der Waals surface area contributed by atoms with E-state index >= 15 is 0 Å². The molecule has 32 heavy (non-hydrogen) atoms. The van der Waals surface area contributed by atoms with Crippen LogP contribution in [0.5, 0.6) is 5.75 Å². The van der Waals surface area contributed by atoms with Gasteiger partial charge in [0.25, 0.3) is 5.56 Å². The molecule has 3 heterocycles. The molecular formula is C24H24N4O4. The number of fused-ring (bicyclic) bond motifs is 1. The smallest absolute Gasteiger partial charge is 0.330 e. The molecule has 0 bridgehead atoms. The molecule has 1 N–H and O–H groups in total. The Kier molecular flexibility index (Phi) is 5.36.